The van der Waals surface area contributed by atoms with Crippen molar-refractivity contribution >= 4 is 75.3 Å². The molecule has 0 saturated carbocycles. The van der Waals surface area contributed by atoms with Gasteiger partial charge in [0.05, 0.1) is 30.3 Å². The van der Waals surface area contributed by atoms with Gasteiger partial charge in [-0.2, -0.15) is 0 Å². The summed E-state index contributed by atoms with van der Waals surface area (Å²) in [7, 11) is 6.55. The first kappa shape index (κ1) is 42.6. The molecule has 0 aliphatic carbocycles. The van der Waals surface area contributed by atoms with Gasteiger partial charge in [0, 0.05) is 47.3 Å². The van der Waals surface area contributed by atoms with Crippen LogP contribution in [0.15, 0.2) is 35.2 Å². The Kier molecular flexibility index (Phi) is 16.3. The highest BCUT2D eigenvalue weighted by molar-refractivity contribution is 7.99. The normalized spacial score (nSPS) is 40.0. The molecule has 290 valence electrons. The standard InChI is InChI=1S/C27H44NO16P5S2/c1-3-50-26-15(28-51(31,32)12-7-5-4-6-8-12)19(16(29)13(37-26)9-33-45)38-24-22(20-18(40-27(30)41-20)14(36-24)10-34-46)39-25-23(44-49)21(43-48)17(42-47)11(2)35-25/h4-8,11,13-26,28-29H,3,9-10,45-49H2,1-2H3/t11?,13?,14?,15-,16-,17+,18-,19?,20?,21?,22-,23-,24-,25-,26-/m0/s1. The summed E-state index contributed by atoms with van der Waals surface area (Å²) in [5, 5.41) is 11.8. The van der Waals surface area contributed by atoms with E-state index in [9.17, 15) is 18.3 Å². The SMILES string of the molecule is CCS[C@@H]1OC(COP)[C@H](O)C(O[C@@H]2OC(COP)[C@@H]3OC(=O)OC3[C@@H]2O[C@@H]2OC(C)[C@@H](OP)C(OP)[C@@H]2OP)[C@@H]1NS(=O)(=O)c1ccccc1. The summed E-state index contributed by atoms with van der Waals surface area (Å²) in [5.41, 5.74) is -0.859. The van der Waals surface area contributed by atoms with Gasteiger partial charge in [-0.15, -0.1) is 11.8 Å². The zero-order chi connectivity index (χ0) is 36.9. The van der Waals surface area contributed by atoms with E-state index in [0.29, 0.717) is 5.75 Å². The monoisotopic (exact) mass is 857 g/mol. The Bertz CT molecular complexity index is 1380. The summed E-state index contributed by atoms with van der Waals surface area (Å²) in [6.45, 7) is 3.47. The van der Waals surface area contributed by atoms with Gasteiger partial charge in [0.25, 0.3) is 0 Å². The van der Waals surface area contributed by atoms with Crippen LogP contribution >= 0.6 is 59.1 Å². The third-order valence-electron chi connectivity index (χ3n) is 8.71. The van der Waals surface area contributed by atoms with Crippen molar-refractivity contribution in [2.24, 2.45) is 0 Å². The molecule has 11 unspecified atom stereocenters. The Morgan fingerprint density at radius 3 is 2.04 bits per heavy atom. The number of carbonyl (C=O) groups is 1. The molecule has 5 rings (SSSR count). The maximum Gasteiger partial charge on any atom is 0.509 e. The van der Waals surface area contributed by atoms with Crippen LogP contribution in [0.25, 0.3) is 0 Å². The summed E-state index contributed by atoms with van der Waals surface area (Å²) in [6, 6.07) is 6.57. The van der Waals surface area contributed by atoms with E-state index < -0.39 is 107 Å². The lowest BCUT2D eigenvalue weighted by Crippen LogP contribution is -2.68. The third-order valence-corrected chi connectivity index (χ3v) is 12.6. The van der Waals surface area contributed by atoms with Crippen molar-refractivity contribution in [2.45, 2.75) is 110 Å². The maximum atomic E-state index is 13.7. The Morgan fingerprint density at radius 2 is 1.41 bits per heavy atom. The number of aliphatic hydroxyl groups is 1. The van der Waals surface area contributed by atoms with Crippen LogP contribution in [0.3, 0.4) is 0 Å². The molecule has 2 N–H and O–H groups in total. The summed E-state index contributed by atoms with van der Waals surface area (Å²) in [5.74, 6) is 0.523. The van der Waals surface area contributed by atoms with Crippen LogP contribution in [0.4, 0.5) is 4.79 Å². The van der Waals surface area contributed by atoms with Crippen molar-refractivity contribution < 1.29 is 74.1 Å². The largest absolute Gasteiger partial charge is 0.509 e. The second kappa shape index (κ2) is 19.6. The molecule has 4 aliphatic rings. The van der Waals surface area contributed by atoms with Gasteiger partial charge in [-0.05, 0) is 24.8 Å². The molecule has 24 heteroatoms. The fourth-order valence-corrected chi connectivity index (χ4v) is 10.0. The van der Waals surface area contributed by atoms with Crippen molar-refractivity contribution in [2.75, 3.05) is 19.0 Å². The minimum atomic E-state index is -4.17. The molecule has 4 aliphatic heterocycles. The summed E-state index contributed by atoms with van der Waals surface area (Å²) < 4.78 is 100. The number of sulfonamides is 1. The van der Waals surface area contributed by atoms with E-state index in [4.69, 9.17) is 55.8 Å². The second-order valence-electron chi connectivity index (χ2n) is 11.8. The first-order chi connectivity index (χ1) is 24.5. The van der Waals surface area contributed by atoms with E-state index >= 15 is 0 Å². The van der Waals surface area contributed by atoms with Crippen molar-refractivity contribution in [3.05, 3.63) is 30.3 Å². The number of thioether (sulfide) groups is 1. The Hall–Kier alpha value is 0.460. The van der Waals surface area contributed by atoms with Crippen LogP contribution in [0.5, 0.6) is 0 Å². The third kappa shape index (κ3) is 9.71. The number of aliphatic hydroxyl groups excluding tert-OH is 1. The molecule has 0 aromatic heterocycles. The summed E-state index contributed by atoms with van der Waals surface area (Å²) in [4.78, 5) is 12.6. The average molecular weight is 858 g/mol. The van der Waals surface area contributed by atoms with Crippen molar-refractivity contribution in [1.29, 1.82) is 0 Å². The first-order valence-corrected chi connectivity index (χ1v) is 20.6. The van der Waals surface area contributed by atoms with E-state index in [1.807, 2.05) is 6.92 Å². The molecule has 4 fully saturated rings. The van der Waals surface area contributed by atoms with Crippen LogP contribution < -0.4 is 4.72 Å². The molecule has 0 radical (unpaired) electrons. The average Bonchev–Trinajstić information content (AvgIpc) is 3.51. The molecule has 51 heavy (non-hydrogen) atoms. The number of nitrogens with one attached hydrogen (secondary N) is 1. The first-order valence-electron chi connectivity index (χ1n) is 15.7. The van der Waals surface area contributed by atoms with Crippen LogP contribution in [0.2, 0.25) is 0 Å². The Labute approximate surface area is 312 Å². The predicted octanol–water partition coefficient (Wildman–Crippen LogP) is 1.46. The molecule has 1 aromatic carbocycles. The van der Waals surface area contributed by atoms with Gasteiger partial charge < -0.3 is 60.9 Å². The highest BCUT2D eigenvalue weighted by Gasteiger charge is 2.60. The topological polar surface area (TPSA) is 194 Å². The zero-order valence-electron chi connectivity index (χ0n) is 27.4. The lowest BCUT2D eigenvalue weighted by Gasteiger charge is -2.49. The van der Waals surface area contributed by atoms with Crippen LogP contribution in [0.1, 0.15) is 13.8 Å². The highest BCUT2D eigenvalue weighted by Crippen LogP contribution is 2.40. The van der Waals surface area contributed by atoms with E-state index in [-0.39, 0.29) is 18.1 Å². The van der Waals surface area contributed by atoms with Crippen molar-refractivity contribution in [3.63, 3.8) is 0 Å². The Morgan fingerprint density at radius 1 is 0.804 bits per heavy atom. The minimum Gasteiger partial charge on any atom is -0.424 e. The van der Waals surface area contributed by atoms with E-state index in [1.54, 1.807) is 25.1 Å². The number of carbonyl (C=O) groups excluding carboxylic acids is 1. The number of fused-ring (bicyclic) bond motifs is 1. The van der Waals surface area contributed by atoms with Crippen molar-refractivity contribution in [1.82, 2.24) is 4.72 Å². The zero-order valence-corrected chi connectivity index (χ0v) is 34.8. The van der Waals surface area contributed by atoms with Crippen molar-refractivity contribution in [3.8, 4) is 0 Å². The smallest absolute Gasteiger partial charge is 0.424 e. The van der Waals surface area contributed by atoms with E-state index in [0.717, 1.165) is 0 Å². The lowest BCUT2D eigenvalue weighted by atomic mass is 9.96. The number of ether oxygens (including phenoxy) is 7. The van der Waals surface area contributed by atoms with Gasteiger partial charge in [0.1, 0.15) is 48.2 Å². The van der Waals surface area contributed by atoms with Gasteiger partial charge in [-0.25, -0.2) is 17.9 Å². The van der Waals surface area contributed by atoms with E-state index in [1.165, 1.54) is 23.9 Å². The molecule has 20 atom stereocenters. The maximum absolute atomic E-state index is 13.7. The molecule has 0 amide bonds. The fraction of sp³-hybridized carbons (Fsp3) is 0.741. The Balaban J connectivity index is 1.53. The molecule has 0 spiro atoms. The summed E-state index contributed by atoms with van der Waals surface area (Å²) in [6.07, 6.45) is -14.5. The van der Waals surface area contributed by atoms with Crippen LogP contribution in [-0.4, -0.2) is 130 Å². The summed E-state index contributed by atoms with van der Waals surface area (Å²) >= 11 is 1.30. The number of rotatable bonds is 16. The number of benzene rings is 1. The molecule has 0 bridgehead atoms. The minimum absolute atomic E-state index is 0.00906. The van der Waals surface area contributed by atoms with Gasteiger partial charge >= 0.3 is 6.16 Å². The van der Waals surface area contributed by atoms with Gasteiger partial charge in [0.2, 0.25) is 10.0 Å². The molecular weight excluding hydrogens is 813 g/mol. The lowest BCUT2D eigenvalue weighted by molar-refractivity contribution is -0.361. The van der Waals surface area contributed by atoms with Gasteiger partial charge in [-0.1, -0.05) is 25.1 Å². The number of hydrogen-bond acceptors (Lipinski definition) is 17. The predicted molar refractivity (Wildman–Crippen MR) is 196 cm³/mol. The van der Waals surface area contributed by atoms with Gasteiger partial charge in [-0.3, -0.25) is 0 Å². The molecule has 4 heterocycles. The molecule has 1 aromatic rings. The quantitative estimate of drug-likeness (QED) is 0.179. The number of hydrogen-bond donors (Lipinski definition) is 2. The van der Waals surface area contributed by atoms with E-state index in [2.05, 4.69) is 52.1 Å². The van der Waals surface area contributed by atoms with Crippen LogP contribution in [-0.2, 0) is 65.8 Å². The molecular formula is C27H44NO16P5S2. The molecule has 17 nitrogen and oxygen atoms in total. The van der Waals surface area contributed by atoms with Crippen LogP contribution in [0, 0.1) is 0 Å². The van der Waals surface area contributed by atoms with Gasteiger partial charge in [0.15, 0.2) is 30.9 Å². The second-order valence-corrected chi connectivity index (χ2v) is 16.4. The highest BCUT2D eigenvalue weighted by atomic mass is 32.2. The fourth-order valence-electron chi connectivity index (χ4n) is 6.36. The molecule has 4 saturated heterocycles.